The van der Waals surface area contributed by atoms with Crippen molar-refractivity contribution in [3.8, 4) is 6.07 Å². The Kier molecular flexibility index (Phi) is 10.8. The largest absolute Gasteiger partial charge is 0.372 e. The molecule has 0 atom stereocenters. The predicted octanol–water partition coefficient (Wildman–Crippen LogP) is 7.66. The van der Waals surface area contributed by atoms with Crippen LogP contribution in [-0.4, -0.2) is 24.7 Å². The minimum atomic E-state index is -0.401. The van der Waals surface area contributed by atoms with Gasteiger partial charge in [0.1, 0.15) is 5.78 Å². The van der Waals surface area contributed by atoms with Crippen LogP contribution in [0, 0.1) is 29.9 Å². The van der Waals surface area contributed by atoms with Crippen molar-refractivity contribution < 1.29 is 4.79 Å². The Morgan fingerprint density at radius 3 is 2.08 bits per heavy atom. The van der Waals surface area contributed by atoms with Gasteiger partial charge in [0.2, 0.25) is 0 Å². The Balaban J connectivity index is 2.78. The molecule has 0 fully saturated rings. The van der Waals surface area contributed by atoms with E-state index in [4.69, 9.17) is 13.1 Å². The third kappa shape index (κ3) is 6.52. The molecule has 0 aliphatic rings. The van der Waals surface area contributed by atoms with Gasteiger partial charge in [0, 0.05) is 41.7 Å². The Morgan fingerprint density at radius 2 is 1.59 bits per heavy atom. The number of nitriles is 1. The maximum atomic E-state index is 13.6. The lowest BCUT2D eigenvalue weighted by Gasteiger charge is -2.29. The number of carbonyl (C=O) groups is 1. The van der Waals surface area contributed by atoms with Crippen LogP contribution in [0.1, 0.15) is 65.0 Å². The zero-order valence-corrected chi connectivity index (χ0v) is 22.5. The molecule has 0 aliphatic carbocycles. The Bertz CT molecular complexity index is 1250. The Morgan fingerprint density at radius 1 is 0.973 bits per heavy atom. The van der Waals surface area contributed by atoms with E-state index in [-0.39, 0.29) is 29.3 Å². The fraction of sp³-hybridized carbons (Fsp3) is 0.387. The van der Waals surface area contributed by atoms with E-state index in [2.05, 4.69) is 54.2 Å². The highest BCUT2D eigenvalue weighted by molar-refractivity contribution is 6.29. The number of ketones is 1. The molecule has 0 radical (unpaired) electrons. The highest BCUT2D eigenvalue weighted by Gasteiger charge is 2.33. The second-order valence-electron chi connectivity index (χ2n) is 8.79. The summed E-state index contributed by atoms with van der Waals surface area (Å²) in [5, 5.41) is 9.63. The number of hydrogen-bond acceptors (Lipinski definition) is 4. The number of amidine groups is 1. The van der Waals surface area contributed by atoms with Crippen molar-refractivity contribution >= 4 is 28.6 Å². The summed E-state index contributed by atoms with van der Waals surface area (Å²) in [5.41, 5.74) is 2.41. The second-order valence-corrected chi connectivity index (χ2v) is 8.79. The first-order chi connectivity index (χ1) is 17.9. The van der Waals surface area contributed by atoms with E-state index >= 15 is 0 Å². The van der Waals surface area contributed by atoms with Crippen LogP contribution in [-0.2, 0) is 11.2 Å². The van der Waals surface area contributed by atoms with Crippen molar-refractivity contribution in [2.75, 3.05) is 18.0 Å². The van der Waals surface area contributed by atoms with Gasteiger partial charge in [0.05, 0.1) is 12.6 Å². The topological polar surface area (TPSA) is 65.2 Å². The molecule has 0 amide bonds. The number of carbonyl (C=O) groups excluding carboxylic acids is 1. The van der Waals surface area contributed by atoms with Crippen LogP contribution in [0.2, 0.25) is 0 Å². The second kappa shape index (κ2) is 13.8. The summed E-state index contributed by atoms with van der Waals surface area (Å²) in [5.74, 6) is 0.117. The van der Waals surface area contributed by atoms with Crippen molar-refractivity contribution in [3.63, 3.8) is 0 Å². The first-order valence-corrected chi connectivity index (χ1v) is 12.8. The van der Waals surface area contributed by atoms with E-state index < -0.39 is 5.41 Å². The van der Waals surface area contributed by atoms with Gasteiger partial charge < -0.3 is 9.74 Å². The zero-order valence-electron chi connectivity index (χ0n) is 22.5. The van der Waals surface area contributed by atoms with E-state index in [1.54, 1.807) is 24.3 Å². The molecule has 2 rings (SSSR count). The third-order valence-electron chi connectivity index (χ3n) is 7.24. The minimum absolute atomic E-state index is 0.0456. The number of Topliss-reactive ketones (excluding diaryl/α,β-unsaturated/α-hetero) is 1. The van der Waals surface area contributed by atoms with Gasteiger partial charge in [0.25, 0.3) is 11.5 Å². The number of allylic oxidation sites excluding steroid dienone is 1. The van der Waals surface area contributed by atoms with Crippen LogP contribution in [0.4, 0.5) is 11.4 Å². The molecule has 0 unspecified atom stereocenters. The van der Waals surface area contributed by atoms with Gasteiger partial charge in [0.15, 0.2) is 5.69 Å². The van der Waals surface area contributed by atoms with Crippen LogP contribution < -0.4 is 4.90 Å². The van der Waals surface area contributed by atoms with Gasteiger partial charge in [-0.3, -0.25) is 4.79 Å². The summed E-state index contributed by atoms with van der Waals surface area (Å²) in [4.78, 5) is 27.5. The van der Waals surface area contributed by atoms with E-state index in [0.29, 0.717) is 11.3 Å². The van der Waals surface area contributed by atoms with Crippen molar-refractivity contribution in [3.05, 3.63) is 88.2 Å². The lowest BCUT2D eigenvalue weighted by atomic mass is 9.74. The lowest BCUT2D eigenvalue weighted by molar-refractivity contribution is -0.128. The maximum Gasteiger partial charge on any atom is 0.268 e. The summed E-state index contributed by atoms with van der Waals surface area (Å²) in [6, 6.07) is 16.6. The van der Waals surface area contributed by atoms with Crippen LogP contribution in [0.3, 0.4) is 0 Å². The molecule has 0 heterocycles. The molecule has 2 aromatic rings. The summed E-state index contributed by atoms with van der Waals surface area (Å²) in [6.45, 7) is 27.3. The minimum Gasteiger partial charge on any atom is -0.372 e. The number of rotatable bonds is 12. The average Bonchev–Trinajstić information content (AvgIpc) is 2.94. The Labute approximate surface area is 221 Å². The number of hydrogen-bond donors (Lipinski definition) is 0. The van der Waals surface area contributed by atoms with Crippen molar-refractivity contribution in [2.45, 2.75) is 60.3 Å². The van der Waals surface area contributed by atoms with Gasteiger partial charge in [-0.15, -0.1) is 4.99 Å². The summed E-state index contributed by atoms with van der Waals surface area (Å²) in [7, 11) is 0. The molecule has 6 nitrogen and oxygen atoms in total. The van der Waals surface area contributed by atoms with Gasteiger partial charge in [-0.2, -0.15) is 0 Å². The molecule has 0 saturated carbocycles. The average molecular weight is 494 g/mol. The zero-order chi connectivity index (χ0) is 27.4. The monoisotopic (exact) mass is 493 g/mol. The number of nitrogens with zero attached hydrogens (tertiary/aromatic N) is 5. The molecule has 190 valence electrons. The summed E-state index contributed by atoms with van der Waals surface area (Å²) in [6.07, 6.45) is 2.49. The molecule has 0 N–H and O–H groups in total. The molecular formula is C31H35N5O. The van der Waals surface area contributed by atoms with Gasteiger partial charge >= 0.3 is 0 Å². The molecule has 6 heteroatoms. The SMILES string of the molecule is [C-]#[N+]C(=Nc1ccc(N(CC)CC)cc1CC(=O)C(CC)(CC)CC)/C(=C(/C#N)[N+]#[C-])c1ccccc1. The maximum absolute atomic E-state index is 13.6. The molecule has 2 aromatic carbocycles. The summed E-state index contributed by atoms with van der Waals surface area (Å²) < 4.78 is 0. The van der Waals surface area contributed by atoms with E-state index in [9.17, 15) is 10.1 Å². The molecular weight excluding hydrogens is 458 g/mol. The Hall–Kier alpha value is -4.21. The number of benzene rings is 2. The fourth-order valence-corrected chi connectivity index (χ4v) is 4.67. The molecule has 0 aliphatic heterocycles. The van der Waals surface area contributed by atoms with Crippen LogP contribution >= 0.6 is 0 Å². The number of aliphatic imine (C=N–C) groups is 1. The molecule has 0 aromatic heterocycles. The molecule has 0 saturated heterocycles. The predicted molar refractivity (Wildman–Crippen MR) is 151 cm³/mol. The van der Waals surface area contributed by atoms with Crippen LogP contribution in [0.5, 0.6) is 0 Å². The van der Waals surface area contributed by atoms with E-state index in [1.165, 1.54) is 0 Å². The van der Waals surface area contributed by atoms with Crippen molar-refractivity contribution in [1.82, 2.24) is 0 Å². The molecule has 0 spiro atoms. The van der Waals surface area contributed by atoms with E-state index in [1.807, 2.05) is 30.3 Å². The smallest absolute Gasteiger partial charge is 0.268 e. The summed E-state index contributed by atoms with van der Waals surface area (Å²) >= 11 is 0. The van der Waals surface area contributed by atoms with E-state index in [0.717, 1.165) is 43.6 Å². The first-order valence-electron chi connectivity index (χ1n) is 12.8. The lowest BCUT2D eigenvalue weighted by Crippen LogP contribution is -2.30. The van der Waals surface area contributed by atoms with Gasteiger partial charge in [-0.05, 0) is 56.9 Å². The number of anilines is 1. The van der Waals surface area contributed by atoms with Gasteiger partial charge in [-0.25, -0.2) is 10.1 Å². The molecule has 0 bridgehead atoms. The quantitative estimate of drug-likeness (QED) is 0.132. The van der Waals surface area contributed by atoms with Crippen molar-refractivity contribution in [2.24, 2.45) is 10.4 Å². The normalized spacial score (nSPS) is 12.1. The first kappa shape index (κ1) is 29.0. The van der Waals surface area contributed by atoms with Crippen LogP contribution in [0.25, 0.3) is 15.3 Å². The highest BCUT2D eigenvalue weighted by atomic mass is 16.1. The highest BCUT2D eigenvalue weighted by Crippen LogP contribution is 2.36. The van der Waals surface area contributed by atoms with Crippen LogP contribution in [0.15, 0.2) is 59.2 Å². The van der Waals surface area contributed by atoms with Gasteiger partial charge in [-0.1, -0.05) is 57.7 Å². The molecule has 37 heavy (non-hydrogen) atoms. The fourth-order valence-electron chi connectivity index (χ4n) is 4.67. The van der Waals surface area contributed by atoms with Crippen molar-refractivity contribution in [1.29, 1.82) is 5.26 Å². The third-order valence-corrected chi connectivity index (χ3v) is 7.24. The standard InChI is InChI=1S/C31H35N5O/c1-8-31(9-2,10-3)28(37)21-24-20-25(36(11-4)12-5)18-19-26(24)35-30(34-7)29(27(22-32)33-6)23-16-14-13-15-17-23/h13-20H,8-12,21H2,1-5H3/b29-27-,35-30?.